The third-order valence-electron chi connectivity index (χ3n) is 6.90. The van der Waals surface area contributed by atoms with E-state index in [4.69, 9.17) is 0 Å². The molecule has 1 unspecified atom stereocenters. The molecule has 0 fully saturated rings. The van der Waals surface area contributed by atoms with E-state index < -0.39 is 7.80 Å². The highest BCUT2D eigenvalue weighted by atomic mass is 31.1. The summed E-state index contributed by atoms with van der Waals surface area (Å²) in [6.07, 6.45) is 0. The maximum atomic E-state index is 13.7. The van der Waals surface area contributed by atoms with Gasteiger partial charge in [-0.15, -0.1) is 0 Å². The fourth-order valence-corrected chi connectivity index (χ4v) is 6.48. The average Bonchev–Trinajstić information content (AvgIpc) is 2.76. The first-order valence-electron chi connectivity index (χ1n) is 10.9. The van der Waals surface area contributed by atoms with Crippen molar-refractivity contribution in [2.24, 2.45) is 0 Å². The third-order valence-corrected chi connectivity index (χ3v) is 8.77. The molecule has 4 heteroatoms. The molecule has 0 saturated heterocycles. The molecule has 32 heavy (non-hydrogen) atoms. The molecule has 0 radical (unpaired) electrons. The van der Waals surface area contributed by atoms with Crippen LogP contribution in [0.3, 0.4) is 0 Å². The van der Waals surface area contributed by atoms with Gasteiger partial charge in [-0.3, -0.25) is 9.59 Å². The zero-order chi connectivity index (χ0) is 23.9. The summed E-state index contributed by atoms with van der Waals surface area (Å²) in [6, 6.07) is 11.2. The van der Waals surface area contributed by atoms with Crippen molar-refractivity contribution >= 4 is 24.4 Å². The molecule has 3 aromatic rings. The second-order valence-corrected chi connectivity index (χ2v) is 10.4. The van der Waals surface area contributed by atoms with Crippen molar-refractivity contribution in [3.63, 3.8) is 0 Å². The molecule has 1 atom stereocenters. The van der Waals surface area contributed by atoms with Gasteiger partial charge in [-0.2, -0.15) is 0 Å². The van der Waals surface area contributed by atoms with Crippen molar-refractivity contribution in [3.05, 3.63) is 97.6 Å². The fourth-order valence-electron chi connectivity index (χ4n) is 4.59. The molecule has 0 aromatic heterocycles. The first kappa shape index (κ1) is 23.9. The molecule has 0 aliphatic carbocycles. The van der Waals surface area contributed by atoms with Crippen LogP contribution in [0.15, 0.2) is 36.4 Å². The standard InChI is InChI=1S/C28H31O3P/c1-15-14-16(2)24(18(4)17(15)3)28(30)32(31)27-21(7)19(5)25(20(6)22(27)8)26(29)23-12-10-9-11-13-23/h9-14,32H,1-8H3. The Morgan fingerprint density at radius 1 is 0.625 bits per heavy atom. The summed E-state index contributed by atoms with van der Waals surface area (Å²) in [5.74, 6) is -0.0507. The Morgan fingerprint density at radius 3 is 1.66 bits per heavy atom. The number of ketones is 1. The minimum absolute atomic E-state index is 0.0507. The number of carbonyl (C=O) groups excluding carboxylic acids is 2. The molecule has 3 rings (SSSR count). The summed E-state index contributed by atoms with van der Waals surface area (Å²) in [5, 5.41) is 0.594. The molecule has 0 saturated carbocycles. The summed E-state index contributed by atoms with van der Waals surface area (Å²) in [6.45, 7) is 15.4. The third kappa shape index (κ3) is 3.91. The Hall–Kier alpha value is -2.77. The Labute approximate surface area is 191 Å². The van der Waals surface area contributed by atoms with E-state index in [2.05, 4.69) is 0 Å². The molecule has 0 aliphatic rings. The van der Waals surface area contributed by atoms with E-state index in [1.54, 1.807) is 12.1 Å². The second kappa shape index (κ2) is 9.00. The average molecular weight is 447 g/mol. The Morgan fingerprint density at radius 2 is 1.12 bits per heavy atom. The van der Waals surface area contributed by atoms with Crippen LogP contribution in [0.1, 0.15) is 70.8 Å². The van der Waals surface area contributed by atoms with E-state index in [0.717, 1.165) is 44.5 Å². The van der Waals surface area contributed by atoms with Crippen molar-refractivity contribution in [3.8, 4) is 0 Å². The van der Waals surface area contributed by atoms with E-state index in [-0.39, 0.29) is 11.3 Å². The Bertz CT molecular complexity index is 1260. The van der Waals surface area contributed by atoms with E-state index in [1.807, 2.05) is 79.7 Å². The topological polar surface area (TPSA) is 51.2 Å². The Balaban J connectivity index is 2.16. The SMILES string of the molecule is Cc1cc(C)c(C(=O)[PH](=O)c2c(C)c(C)c(C(=O)c3ccccc3)c(C)c2C)c(C)c1C. The lowest BCUT2D eigenvalue weighted by Crippen LogP contribution is -2.20. The molecule has 166 valence electrons. The summed E-state index contributed by atoms with van der Waals surface area (Å²) in [7, 11) is -2.78. The molecule has 0 amide bonds. The van der Waals surface area contributed by atoms with Crippen LogP contribution in [0, 0.1) is 55.4 Å². The van der Waals surface area contributed by atoms with Gasteiger partial charge in [-0.05, 0) is 99.9 Å². The largest absolute Gasteiger partial charge is 0.313 e. The van der Waals surface area contributed by atoms with Crippen molar-refractivity contribution in [1.29, 1.82) is 0 Å². The van der Waals surface area contributed by atoms with Crippen molar-refractivity contribution in [1.82, 2.24) is 0 Å². The number of hydrogen-bond donors (Lipinski definition) is 0. The first-order valence-corrected chi connectivity index (χ1v) is 12.3. The number of benzene rings is 3. The minimum atomic E-state index is -2.78. The summed E-state index contributed by atoms with van der Waals surface area (Å²) in [5.41, 5.74) is 8.55. The molecule has 0 heterocycles. The van der Waals surface area contributed by atoms with Crippen LogP contribution in [-0.2, 0) is 4.57 Å². The lowest BCUT2D eigenvalue weighted by atomic mass is 9.89. The monoisotopic (exact) mass is 446 g/mol. The van der Waals surface area contributed by atoms with Crippen LogP contribution in [0.25, 0.3) is 0 Å². The maximum Gasteiger partial charge on any atom is 0.223 e. The van der Waals surface area contributed by atoms with Gasteiger partial charge in [0.25, 0.3) is 0 Å². The van der Waals surface area contributed by atoms with Crippen LogP contribution in [0.5, 0.6) is 0 Å². The van der Waals surface area contributed by atoms with E-state index >= 15 is 0 Å². The van der Waals surface area contributed by atoms with Gasteiger partial charge in [0.2, 0.25) is 5.52 Å². The van der Waals surface area contributed by atoms with Crippen molar-refractivity contribution < 1.29 is 14.2 Å². The highest BCUT2D eigenvalue weighted by molar-refractivity contribution is 7.71. The first-order chi connectivity index (χ1) is 15.0. The van der Waals surface area contributed by atoms with Crippen LogP contribution >= 0.6 is 7.80 Å². The minimum Gasteiger partial charge on any atom is -0.313 e. The molecular weight excluding hydrogens is 415 g/mol. The van der Waals surface area contributed by atoms with Crippen LogP contribution < -0.4 is 5.30 Å². The summed E-state index contributed by atoms with van der Waals surface area (Å²) in [4.78, 5) is 26.7. The van der Waals surface area contributed by atoms with Crippen LogP contribution in [0.2, 0.25) is 0 Å². The molecule has 0 N–H and O–H groups in total. The highest BCUT2D eigenvalue weighted by Gasteiger charge is 2.28. The van der Waals surface area contributed by atoms with Gasteiger partial charge >= 0.3 is 0 Å². The number of carbonyl (C=O) groups is 2. The molecule has 3 nitrogen and oxygen atoms in total. The lowest BCUT2D eigenvalue weighted by molar-refractivity contribution is 0.103. The van der Waals surface area contributed by atoms with E-state index in [9.17, 15) is 14.2 Å². The highest BCUT2D eigenvalue weighted by Crippen LogP contribution is 2.36. The van der Waals surface area contributed by atoms with E-state index in [1.165, 1.54) is 0 Å². The molecular formula is C28H31O3P. The lowest BCUT2D eigenvalue weighted by Gasteiger charge is -2.20. The number of hydrogen-bond acceptors (Lipinski definition) is 3. The van der Waals surface area contributed by atoms with Gasteiger partial charge in [0.05, 0.1) is 0 Å². The smallest absolute Gasteiger partial charge is 0.223 e. The zero-order valence-corrected chi connectivity index (χ0v) is 21.2. The maximum absolute atomic E-state index is 13.7. The van der Waals surface area contributed by atoms with Gasteiger partial charge in [-0.1, -0.05) is 36.4 Å². The van der Waals surface area contributed by atoms with Crippen LogP contribution in [0.4, 0.5) is 0 Å². The predicted octanol–water partition coefficient (Wildman–Crippen LogP) is 6.41. The van der Waals surface area contributed by atoms with Crippen molar-refractivity contribution in [2.75, 3.05) is 0 Å². The molecule has 0 bridgehead atoms. The van der Waals surface area contributed by atoms with Gasteiger partial charge in [0, 0.05) is 22.0 Å². The normalized spacial score (nSPS) is 12.0. The number of rotatable bonds is 5. The summed E-state index contributed by atoms with van der Waals surface area (Å²) < 4.78 is 13.7. The van der Waals surface area contributed by atoms with Crippen LogP contribution in [-0.4, -0.2) is 11.3 Å². The van der Waals surface area contributed by atoms with E-state index in [0.29, 0.717) is 22.0 Å². The molecule has 3 aromatic carbocycles. The Kier molecular flexibility index (Phi) is 6.72. The second-order valence-electron chi connectivity index (χ2n) is 8.74. The van der Waals surface area contributed by atoms with Gasteiger partial charge < -0.3 is 4.57 Å². The van der Waals surface area contributed by atoms with Gasteiger partial charge in [-0.25, -0.2) is 0 Å². The quantitative estimate of drug-likeness (QED) is 0.336. The predicted molar refractivity (Wildman–Crippen MR) is 134 cm³/mol. The molecule has 0 spiro atoms. The zero-order valence-electron chi connectivity index (χ0n) is 20.2. The van der Waals surface area contributed by atoms with Gasteiger partial charge in [0.15, 0.2) is 13.6 Å². The summed E-state index contributed by atoms with van der Waals surface area (Å²) >= 11 is 0. The fraction of sp³-hybridized carbons (Fsp3) is 0.286. The molecule has 0 aliphatic heterocycles. The number of aryl methyl sites for hydroxylation is 2. The van der Waals surface area contributed by atoms with Crippen molar-refractivity contribution in [2.45, 2.75) is 55.4 Å². The van der Waals surface area contributed by atoms with Gasteiger partial charge in [0.1, 0.15) is 0 Å².